The first-order valence-corrected chi connectivity index (χ1v) is 13.1. The number of aromatic amines is 1. The number of carbonyl (C=O) groups excluding carboxylic acids is 1. The molecule has 1 amide bonds. The highest BCUT2D eigenvalue weighted by molar-refractivity contribution is 6.42. The van der Waals surface area contributed by atoms with Gasteiger partial charge in [0.25, 0.3) is 0 Å². The molecule has 1 aliphatic rings. The minimum absolute atomic E-state index is 0.188. The Kier molecular flexibility index (Phi) is 7.93. The first-order valence-electron chi connectivity index (χ1n) is 12.0. The van der Waals surface area contributed by atoms with E-state index >= 15 is 0 Å². The molecular formula is C28H26Cl3N3O3. The Bertz CT molecular complexity index is 1410. The molecule has 0 aliphatic carbocycles. The quantitative estimate of drug-likeness (QED) is 0.236. The molecule has 4 aromatic rings. The van der Waals surface area contributed by atoms with Crippen LogP contribution in [0, 0.1) is 0 Å². The molecule has 37 heavy (non-hydrogen) atoms. The SMILES string of the molecule is O=C(NCC1c2[nH]c3ccc(Cl)cc3c2CCN1CC(O)c1ccc(Cl)c(Cl)c1)OCc1ccccc1. The number of hydrogen-bond acceptors (Lipinski definition) is 4. The Morgan fingerprint density at radius 3 is 2.68 bits per heavy atom. The zero-order chi connectivity index (χ0) is 25.9. The zero-order valence-electron chi connectivity index (χ0n) is 19.9. The molecule has 3 aromatic carbocycles. The summed E-state index contributed by atoms with van der Waals surface area (Å²) in [5, 5.41) is 16.5. The maximum Gasteiger partial charge on any atom is 0.407 e. The number of halogens is 3. The number of fused-ring (bicyclic) bond motifs is 3. The summed E-state index contributed by atoms with van der Waals surface area (Å²) >= 11 is 18.5. The van der Waals surface area contributed by atoms with Crippen molar-refractivity contribution in [2.45, 2.75) is 25.2 Å². The van der Waals surface area contributed by atoms with E-state index in [1.165, 1.54) is 5.56 Å². The lowest BCUT2D eigenvalue weighted by Gasteiger charge is -2.37. The molecule has 2 heterocycles. The van der Waals surface area contributed by atoms with E-state index in [-0.39, 0.29) is 12.6 Å². The standard InChI is InChI=1S/C28H26Cl3N3O3/c29-19-7-9-24-21(13-19)20-10-11-34(15-26(35)18-6-8-22(30)23(31)12-18)25(27(20)33-24)14-32-28(36)37-16-17-4-2-1-3-5-17/h1-9,12-13,25-26,33,35H,10-11,14-16H2,(H,32,36). The van der Waals surface area contributed by atoms with Gasteiger partial charge in [-0.2, -0.15) is 0 Å². The number of alkyl carbamates (subject to hydrolysis) is 1. The van der Waals surface area contributed by atoms with E-state index < -0.39 is 12.2 Å². The van der Waals surface area contributed by atoms with Gasteiger partial charge in [-0.05, 0) is 53.4 Å². The number of aliphatic hydroxyl groups excluding tert-OH is 1. The lowest BCUT2D eigenvalue weighted by atomic mass is 9.96. The fourth-order valence-corrected chi connectivity index (χ4v) is 5.32. The zero-order valence-corrected chi connectivity index (χ0v) is 22.2. The van der Waals surface area contributed by atoms with Gasteiger partial charge in [-0.3, -0.25) is 4.90 Å². The highest BCUT2D eigenvalue weighted by atomic mass is 35.5. The number of β-amino-alcohol motifs (C(OH)–C–C–N with tert-alkyl or cyclic N) is 1. The van der Waals surface area contributed by atoms with Gasteiger partial charge < -0.3 is 20.1 Å². The molecule has 192 valence electrons. The lowest BCUT2D eigenvalue weighted by Crippen LogP contribution is -2.44. The third kappa shape index (κ3) is 5.89. The summed E-state index contributed by atoms with van der Waals surface area (Å²) in [6, 6.07) is 20.2. The van der Waals surface area contributed by atoms with Gasteiger partial charge in [0.05, 0.1) is 22.2 Å². The van der Waals surface area contributed by atoms with Crippen LogP contribution in [0.1, 0.15) is 34.5 Å². The Morgan fingerprint density at radius 2 is 1.89 bits per heavy atom. The summed E-state index contributed by atoms with van der Waals surface area (Å²) in [6.45, 7) is 1.53. The number of benzene rings is 3. The van der Waals surface area contributed by atoms with E-state index in [0.717, 1.165) is 28.6 Å². The van der Waals surface area contributed by atoms with Crippen molar-refractivity contribution in [1.82, 2.24) is 15.2 Å². The van der Waals surface area contributed by atoms with Gasteiger partial charge in [0, 0.05) is 41.3 Å². The molecule has 0 spiro atoms. The van der Waals surface area contributed by atoms with Crippen molar-refractivity contribution in [3.8, 4) is 0 Å². The third-order valence-electron chi connectivity index (χ3n) is 6.71. The molecule has 0 fully saturated rings. The molecule has 0 bridgehead atoms. The van der Waals surface area contributed by atoms with Gasteiger partial charge in [-0.1, -0.05) is 71.2 Å². The summed E-state index contributed by atoms with van der Waals surface area (Å²) in [5.41, 5.74) is 4.74. The molecule has 2 atom stereocenters. The molecular weight excluding hydrogens is 533 g/mol. The fourth-order valence-electron chi connectivity index (χ4n) is 4.84. The predicted molar refractivity (Wildman–Crippen MR) is 147 cm³/mol. The number of hydrogen-bond donors (Lipinski definition) is 3. The first kappa shape index (κ1) is 25.9. The van der Waals surface area contributed by atoms with Crippen molar-refractivity contribution in [2.75, 3.05) is 19.6 Å². The van der Waals surface area contributed by atoms with Crippen LogP contribution in [0.2, 0.25) is 15.1 Å². The fraction of sp³-hybridized carbons (Fsp3) is 0.250. The normalized spacial score (nSPS) is 16.4. The number of aliphatic hydroxyl groups is 1. The number of H-pyrrole nitrogens is 1. The Hall–Kier alpha value is -2.74. The molecule has 6 nitrogen and oxygen atoms in total. The van der Waals surface area contributed by atoms with Crippen LogP contribution in [-0.4, -0.2) is 40.7 Å². The average Bonchev–Trinajstić information content (AvgIpc) is 3.26. The summed E-state index contributed by atoms with van der Waals surface area (Å²) in [7, 11) is 0. The summed E-state index contributed by atoms with van der Waals surface area (Å²) in [6.07, 6.45) is -0.513. The molecule has 0 saturated heterocycles. The summed E-state index contributed by atoms with van der Waals surface area (Å²) < 4.78 is 5.42. The highest BCUT2D eigenvalue weighted by Gasteiger charge is 2.32. The van der Waals surface area contributed by atoms with Gasteiger partial charge >= 0.3 is 6.09 Å². The van der Waals surface area contributed by atoms with Crippen LogP contribution in [0.25, 0.3) is 10.9 Å². The van der Waals surface area contributed by atoms with Gasteiger partial charge in [-0.15, -0.1) is 0 Å². The number of carbonyl (C=O) groups is 1. The molecule has 2 unspecified atom stereocenters. The lowest BCUT2D eigenvalue weighted by molar-refractivity contribution is 0.0776. The monoisotopic (exact) mass is 557 g/mol. The average molecular weight is 559 g/mol. The van der Waals surface area contributed by atoms with Crippen molar-refractivity contribution < 1.29 is 14.6 Å². The number of aromatic nitrogens is 1. The molecule has 1 aliphatic heterocycles. The largest absolute Gasteiger partial charge is 0.445 e. The second-order valence-electron chi connectivity index (χ2n) is 9.10. The van der Waals surface area contributed by atoms with Crippen LogP contribution in [0.5, 0.6) is 0 Å². The minimum atomic E-state index is -0.789. The molecule has 0 saturated carbocycles. The van der Waals surface area contributed by atoms with E-state index in [0.29, 0.717) is 40.3 Å². The number of nitrogens with one attached hydrogen (secondary N) is 2. The maximum absolute atomic E-state index is 12.6. The van der Waals surface area contributed by atoms with E-state index in [2.05, 4.69) is 15.2 Å². The molecule has 5 rings (SSSR count). The molecule has 3 N–H and O–H groups in total. The van der Waals surface area contributed by atoms with Crippen molar-refractivity contribution in [2.24, 2.45) is 0 Å². The van der Waals surface area contributed by atoms with Crippen LogP contribution >= 0.6 is 34.8 Å². The van der Waals surface area contributed by atoms with Crippen molar-refractivity contribution in [3.05, 3.63) is 104 Å². The van der Waals surface area contributed by atoms with E-state index in [1.54, 1.807) is 18.2 Å². The second-order valence-corrected chi connectivity index (χ2v) is 10.4. The Balaban J connectivity index is 1.36. The van der Waals surface area contributed by atoms with Crippen LogP contribution in [0.3, 0.4) is 0 Å². The second kappa shape index (κ2) is 11.3. The van der Waals surface area contributed by atoms with Gasteiger partial charge in [0.1, 0.15) is 6.61 Å². The smallest absolute Gasteiger partial charge is 0.407 e. The molecule has 9 heteroatoms. The first-order chi connectivity index (χ1) is 17.9. The van der Waals surface area contributed by atoms with Crippen molar-refractivity contribution in [1.29, 1.82) is 0 Å². The van der Waals surface area contributed by atoms with E-state index in [9.17, 15) is 9.90 Å². The Morgan fingerprint density at radius 1 is 1.08 bits per heavy atom. The van der Waals surface area contributed by atoms with Gasteiger partial charge in [0.2, 0.25) is 0 Å². The van der Waals surface area contributed by atoms with Crippen LogP contribution in [0.15, 0.2) is 66.7 Å². The number of rotatable bonds is 7. The highest BCUT2D eigenvalue weighted by Crippen LogP contribution is 2.36. The number of nitrogens with zero attached hydrogens (tertiary/aromatic N) is 1. The van der Waals surface area contributed by atoms with Gasteiger partial charge in [0.15, 0.2) is 0 Å². The van der Waals surface area contributed by atoms with Crippen LogP contribution in [-0.2, 0) is 17.8 Å². The van der Waals surface area contributed by atoms with Crippen LogP contribution in [0.4, 0.5) is 4.79 Å². The topological polar surface area (TPSA) is 77.6 Å². The van der Waals surface area contributed by atoms with Gasteiger partial charge in [-0.25, -0.2) is 4.79 Å². The minimum Gasteiger partial charge on any atom is -0.445 e. The predicted octanol–water partition coefficient (Wildman–Crippen LogP) is 6.69. The van der Waals surface area contributed by atoms with Crippen molar-refractivity contribution in [3.63, 3.8) is 0 Å². The Labute approximate surface area is 230 Å². The molecule has 1 aromatic heterocycles. The van der Waals surface area contributed by atoms with Crippen molar-refractivity contribution >= 4 is 51.8 Å². The van der Waals surface area contributed by atoms with E-state index in [1.807, 2.05) is 48.5 Å². The summed E-state index contributed by atoms with van der Waals surface area (Å²) in [4.78, 5) is 18.2. The third-order valence-corrected chi connectivity index (χ3v) is 7.69. The van der Waals surface area contributed by atoms with Crippen LogP contribution < -0.4 is 5.32 Å². The summed E-state index contributed by atoms with van der Waals surface area (Å²) in [5.74, 6) is 0. The number of amides is 1. The van der Waals surface area contributed by atoms with E-state index in [4.69, 9.17) is 39.5 Å². The molecule has 0 radical (unpaired) electrons. The maximum atomic E-state index is 12.6. The number of ether oxygens (including phenoxy) is 1.